The summed E-state index contributed by atoms with van der Waals surface area (Å²) in [6.45, 7) is 6.56. The Hall–Kier alpha value is -6.38. The highest BCUT2D eigenvalue weighted by molar-refractivity contribution is 5.91. The average molecular weight is 697 g/mol. The lowest BCUT2D eigenvalue weighted by Crippen LogP contribution is -2.44. The summed E-state index contributed by atoms with van der Waals surface area (Å²) in [5, 5.41) is 0. The summed E-state index contributed by atoms with van der Waals surface area (Å²) in [4.78, 5) is 4.85. The van der Waals surface area contributed by atoms with Gasteiger partial charge in [-0.2, -0.15) is 0 Å². The van der Waals surface area contributed by atoms with Crippen LogP contribution in [-0.4, -0.2) is 5.54 Å². The Bertz CT molecular complexity index is 2480. The third-order valence-electron chi connectivity index (χ3n) is 11.3. The van der Waals surface area contributed by atoms with Crippen LogP contribution in [0.3, 0.4) is 0 Å². The van der Waals surface area contributed by atoms with Gasteiger partial charge in [0.25, 0.3) is 0 Å². The van der Waals surface area contributed by atoms with Gasteiger partial charge in [-0.05, 0) is 119 Å². The largest absolute Gasteiger partial charge is 0.331 e. The molecule has 0 radical (unpaired) electrons. The minimum Gasteiger partial charge on any atom is -0.331 e. The molecule has 0 saturated heterocycles. The van der Waals surface area contributed by atoms with Crippen LogP contribution in [0.25, 0.3) is 22.3 Å². The van der Waals surface area contributed by atoms with Crippen LogP contribution in [0.4, 0.5) is 17.1 Å². The predicted octanol–water partition coefficient (Wildman–Crippen LogP) is 13.2. The van der Waals surface area contributed by atoms with Crippen LogP contribution in [0.5, 0.6) is 0 Å². The molecular weight excluding hydrogens is 653 g/mol. The molecule has 9 rings (SSSR count). The highest BCUT2D eigenvalue weighted by Crippen LogP contribution is 2.47. The molecular formula is C52H44N2. The highest BCUT2D eigenvalue weighted by atomic mass is 15.2. The molecule has 0 bridgehead atoms. The van der Waals surface area contributed by atoms with E-state index in [0.717, 1.165) is 48.5 Å². The van der Waals surface area contributed by atoms with E-state index in [-0.39, 0.29) is 5.54 Å². The van der Waals surface area contributed by atoms with E-state index in [9.17, 15) is 0 Å². The molecule has 0 amide bonds. The Labute approximate surface area is 320 Å². The van der Waals surface area contributed by atoms with Gasteiger partial charge < -0.3 is 9.80 Å². The second kappa shape index (κ2) is 14.2. The van der Waals surface area contributed by atoms with E-state index in [2.05, 4.69) is 198 Å². The molecule has 1 heterocycles. The first-order chi connectivity index (χ1) is 26.6. The lowest BCUT2D eigenvalue weighted by atomic mass is 9.83. The molecule has 1 unspecified atom stereocenters. The Kier molecular flexibility index (Phi) is 8.81. The molecule has 262 valence electrons. The molecule has 1 spiro atoms. The fourth-order valence-electron chi connectivity index (χ4n) is 8.73. The van der Waals surface area contributed by atoms with Gasteiger partial charge in [0.15, 0.2) is 0 Å². The molecule has 1 atom stereocenters. The molecule has 0 fully saturated rings. The molecule has 5 aromatic carbocycles. The zero-order valence-electron chi connectivity index (χ0n) is 30.8. The number of hydrogen-bond acceptors (Lipinski definition) is 2. The summed E-state index contributed by atoms with van der Waals surface area (Å²) >= 11 is 0. The molecule has 0 saturated carbocycles. The Morgan fingerprint density at radius 3 is 2.11 bits per heavy atom. The Balaban J connectivity index is 1.04. The third-order valence-corrected chi connectivity index (χ3v) is 11.3. The van der Waals surface area contributed by atoms with E-state index in [1.807, 2.05) is 13.0 Å². The van der Waals surface area contributed by atoms with E-state index < -0.39 is 0 Å². The van der Waals surface area contributed by atoms with Crippen LogP contribution < -0.4 is 9.80 Å². The monoisotopic (exact) mass is 696 g/mol. The van der Waals surface area contributed by atoms with E-state index in [4.69, 9.17) is 0 Å². The van der Waals surface area contributed by atoms with Crippen LogP contribution in [0, 0.1) is 0 Å². The van der Waals surface area contributed by atoms with Crippen molar-refractivity contribution in [3.63, 3.8) is 0 Å². The van der Waals surface area contributed by atoms with Gasteiger partial charge >= 0.3 is 0 Å². The van der Waals surface area contributed by atoms with Crippen LogP contribution in [-0.2, 0) is 12.8 Å². The number of para-hydroxylation sites is 2. The summed E-state index contributed by atoms with van der Waals surface area (Å²) in [5.74, 6) is 0. The summed E-state index contributed by atoms with van der Waals surface area (Å²) in [6.07, 6.45) is 28.5. The smallest absolute Gasteiger partial charge is 0.0712 e. The number of nitrogens with zero attached hydrogens (tertiary/aromatic N) is 2. The molecule has 3 aliphatic carbocycles. The lowest BCUT2D eigenvalue weighted by Gasteiger charge is -2.40. The van der Waals surface area contributed by atoms with Crippen molar-refractivity contribution in [2.75, 3.05) is 9.80 Å². The summed E-state index contributed by atoms with van der Waals surface area (Å²) in [7, 11) is 0. The van der Waals surface area contributed by atoms with Crippen LogP contribution in [0.1, 0.15) is 36.5 Å². The first-order valence-electron chi connectivity index (χ1n) is 19.1. The van der Waals surface area contributed by atoms with Crippen LogP contribution in [0.15, 0.2) is 217 Å². The Morgan fingerprint density at radius 1 is 0.648 bits per heavy atom. The first-order valence-corrected chi connectivity index (χ1v) is 19.1. The standard InChI is InChI=1S/C52H44N2/c1-3-4-6-16-38(2)54-51-26-14-11-19-43(51)37-52(54)33-31-40(32-34-52)39-20-15-23-45(28-27-39)53(44-21-7-5-8-22-44)46-29-30-49-47-24-12-9-17-41(47)35-42-18-10-13-25-48(42)50(49)36-46/h3-14,16-33,36H,2,15,34-35,37H2,1H3/b4-3-,16-6-. The fourth-order valence-corrected chi connectivity index (χ4v) is 8.73. The summed E-state index contributed by atoms with van der Waals surface area (Å²) < 4.78 is 0. The zero-order chi connectivity index (χ0) is 36.5. The van der Waals surface area contributed by atoms with E-state index >= 15 is 0 Å². The predicted molar refractivity (Wildman–Crippen MR) is 229 cm³/mol. The third kappa shape index (κ3) is 6.04. The maximum Gasteiger partial charge on any atom is 0.0712 e. The topological polar surface area (TPSA) is 6.48 Å². The van der Waals surface area contributed by atoms with Crippen molar-refractivity contribution in [3.8, 4) is 22.3 Å². The number of fused-ring (bicyclic) bond motifs is 6. The van der Waals surface area contributed by atoms with Gasteiger partial charge in [0.2, 0.25) is 0 Å². The van der Waals surface area contributed by atoms with Crippen molar-refractivity contribution < 1.29 is 0 Å². The maximum atomic E-state index is 4.52. The average Bonchev–Trinajstić information content (AvgIpc) is 3.31. The van der Waals surface area contributed by atoms with Crippen molar-refractivity contribution in [1.82, 2.24) is 0 Å². The summed E-state index contributed by atoms with van der Waals surface area (Å²) in [6, 6.07) is 44.3. The van der Waals surface area contributed by atoms with Crippen molar-refractivity contribution >= 4 is 17.1 Å². The van der Waals surface area contributed by atoms with Gasteiger partial charge in [0.05, 0.1) is 5.54 Å². The Morgan fingerprint density at radius 2 is 1.35 bits per heavy atom. The highest BCUT2D eigenvalue weighted by Gasteiger charge is 2.43. The minimum absolute atomic E-state index is 0.169. The van der Waals surface area contributed by atoms with Crippen LogP contribution >= 0.6 is 0 Å². The van der Waals surface area contributed by atoms with Gasteiger partial charge in [0, 0.05) is 34.9 Å². The fraction of sp³-hybridized carbons (Fsp3) is 0.115. The second-order valence-electron chi connectivity index (χ2n) is 14.6. The normalized spacial score (nSPS) is 18.3. The SMILES string of the molecule is C=C(/C=C\C=C/C)N1c2ccccc2CC12C=CC(C1=CCC=C(N(c3ccccc3)c3ccc4c(c3)-c3ccccc3Cc3ccccc3-4)C=C1)=CC2. The number of hydrogen-bond donors (Lipinski definition) is 0. The summed E-state index contributed by atoms with van der Waals surface area (Å²) in [5.41, 5.74) is 17.4. The second-order valence-corrected chi connectivity index (χ2v) is 14.6. The van der Waals surface area contributed by atoms with E-state index in [0.29, 0.717) is 0 Å². The number of benzene rings is 5. The molecule has 2 nitrogen and oxygen atoms in total. The van der Waals surface area contributed by atoms with Gasteiger partial charge in [-0.15, -0.1) is 0 Å². The number of allylic oxidation sites excluding steroid dienone is 11. The molecule has 0 aromatic heterocycles. The molecule has 2 heteroatoms. The number of anilines is 3. The van der Waals surface area contributed by atoms with E-state index in [1.54, 1.807) is 0 Å². The quantitative estimate of drug-likeness (QED) is 0.153. The van der Waals surface area contributed by atoms with Crippen molar-refractivity contribution in [2.45, 2.75) is 38.1 Å². The van der Waals surface area contributed by atoms with Gasteiger partial charge in [-0.25, -0.2) is 0 Å². The lowest BCUT2D eigenvalue weighted by molar-refractivity contribution is 0.532. The minimum atomic E-state index is -0.169. The van der Waals surface area contributed by atoms with Gasteiger partial charge in [-0.3, -0.25) is 0 Å². The molecule has 54 heavy (non-hydrogen) atoms. The van der Waals surface area contributed by atoms with Crippen LogP contribution in [0.2, 0.25) is 0 Å². The molecule has 4 aliphatic rings. The van der Waals surface area contributed by atoms with Gasteiger partial charge in [-0.1, -0.05) is 152 Å². The van der Waals surface area contributed by atoms with Gasteiger partial charge in [0.1, 0.15) is 0 Å². The van der Waals surface area contributed by atoms with Crippen molar-refractivity contribution in [3.05, 3.63) is 234 Å². The number of rotatable bonds is 7. The zero-order valence-corrected chi connectivity index (χ0v) is 30.8. The first kappa shape index (κ1) is 33.5. The molecule has 1 aliphatic heterocycles. The van der Waals surface area contributed by atoms with Crippen molar-refractivity contribution in [2.24, 2.45) is 0 Å². The van der Waals surface area contributed by atoms with Crippen molar-refractivity contribution in [1.29, 1.82) is 0 Å². The molecule has 0 N–H and O–H groups in total. The maximum absolute atomic E-state index is 4.52. The van der Waals surface area contributed by atoms with E-state index in [1.165, 1.54) is 55.8 Å². The molecule has 5 aromatic rings.